The Hall–Kier alpha value is -4.03. The Morgan fingerprint density at radius 3 is 2.50 bits per heavy atom. The van der Waals surface area contributed by atoms with Crippen molar-refractivity contribution in [3.63, 3.8) is 0 Å². The average molecular weight is 576 g/mol. The molecule has 0 radical (unpaired) electrons. The van der Waals surface area contributed by atoms with Gasteiger partial charge in [-0.15, -0.1) is 0 Å². The van der Waals surface area contributed by atoms with Crippen LogP contribution >= 0.6 is 0 Å². The van der Waals surface area contributed by atoms with Gasteiger partial charge in [0, 0.05) is 29.2 Å². The van der Waals surface area contributed by atoms with Gasteiger partial charge in [0.1, 0.15) is 11.2 Å². The highest BCUT2D eigenvalue weighted by molar-refractivity contribution is 7.89. The van der Waals surface area contributed by atoms with E-state index in [1.54, 1.807) is 42.5 Å². The van der Waals surface area contributed by atoms with Gasteiger partial charge < -0.3 is 8.83 Å². The molecule has 0 aliphatic rings. The summed E-state index contributed by atoms with van der Waals surface area (Å²) < 4.78 is 68.3. The Labute approximate surface area is 231 Å². The number of nitrogens with one attached hydrogen (secondary N) is 1. The van der Waals surface area contributed by atoms with E-state index in [1.165, 1.54) is 29.0 Å². The Balaban J connectivity index is 1.24. The lowest BCUT2D eigenvalue weighted by Crippen LogP contribution is -2.34. The van der Waals surface area contributed by atoms with Crippen molar-refractivity contribution in [2.45, 2.75) is 22.8 Å². The molecule has 0 saturated carbocycles. The van der Waals surface area contributed by atoms with E-state index < -0.39 is 20.0 Å². The third-order valence-electron chi connectivity index (χ3n) is 6.68. The summed E-state index contributed by atoms with van der Waals surface area (Å²) in [7, 11) is -7.79. The molecule has 40 heavy (non-hydrogen) atoms. The van der Waals surface area contributed by atoms with Crippen molar-refractivity contribution in [2.75, 3.05) is 13.1 Å². The molecular formula is C29H25N3O6S2. The van der Waals surface area contributed by atoms with Crippen LogP contribution in [0.3, 0.4) is 0 Å². The zero-order valence-corrected chi connectivity index (χ0v) is 22.9. The highest BCUT2D eigenvalue weighted by Crippen LogP contribution is 2.26. The van der Waals surface area contributed by atoms with Crippen LogP contribution in [0.1, 0.15) is 12.1 Å². The number of hydrogen-bond donors (Lipinski definition) is 1. The van der Waals surface area contributed by atoms with Crippen LogP contribution in [0.25, 0.3) is 32.8 Å². The van der Waals surface area contributed by atoms with Crippen LogP contribution in [0, 0.1) is 0 Å². The van der Waals surface area contributed by atoms with Gasteiger partial charge >= 0.3 is 0 Å². The first-order chi connectivity index (χ1) is 19.3. The van der Waals surface area contributed by atoms with Crippen LogP contribution in [-0.2, 0) is 26.6 Å². The number of benzene rings is 3. The standard InChI is InChI=1S/C29H25N3O6S2/c33-39(34,29-8-3-7-28-25(29)14-18-38-28)30-15-4-16-32(20-23-10-9-21-5-1-2-6-26(21)31-23)40(35,36)24-11-12-27-22(19-24)13-17-37-27/h1-3,5-14,17-19,30H,4,15-16,20H2. The number of hydrogen-bond acceptors (Lipinski definition) is 7. The Morgan fingerprint density at radius 2 is 1.60 bits per heavy atom. The molecule has 0 amide bonds. The number of nitrogens with zero attached hydrogens (tertiary/aromatic N) is 2. The summed E-state index contributed by atoms with van der Waals surface area (Å²) in [4.78, 5) is 4.88. The highest BCUT2D eigenvalue weighted by Gasteiger charge is 2.26. The molecule has 0 aliphatic carbocycles. The van der Waals surface area contributed by atoms with Crippen molar-refractivity contribution >= 4 is 52.9 Å². The summed E-state index contributed by atoms with van der Waals surface area (Å²) in [6.07, 6.45) is 3.18. The van der Waals surface area contributed by atoms with E-state index in [4.69, 9.17) is 8.83 Å². The lowest BCUT2D eigenvalue weighted by molar-refractivity contribution is 0.396. The molecule has 0 fully saturated rings. The van der Waals surface area contributed by atoms with Crippen LogP contribution in [0.2, 0.25) is 0 Å². The number of para-hydroxylation sites is 1. The molecule has 0 unspecified atom stereocenters. The quantitative estimate of drug-likeness (QED) is 0.220. The Bertz CT molecular complexity index is 2050. The van der Waals surface area contributed by atoms with E-state index in [0.29, 0.717) is 27.6 Å². The van der Waals surface area contributed by atoms with Gasteiger partial charge in [-0.2, -0.15) is 4.31 Å². The summed E-state index contributed by atoms with van der Waals surface area (Å²) in [5, 5.41) is 2.11. The topological polar surface area (TPSA) is 123 Å². The number of aromatic nitrogens is 1. The molecule has 6 rings (SSSR count). The van der Waals surface area contributed by atoms with Crippen LogP contribution in [0.5, 0.6) is 0 Å². The van der Waals surface area contributed by atoms with Gasteiger partial charge in [0.15, 0.2) is 0 Å². The van der Waals surface area contributed by atoms with Crippen molar-refractivity contribution in [2.24, 2.45) is 0 Å². The molecule has 9 nitrogen and oxygen atoms in total. The molecule has 0 saturated heterocycles. The highest BCUT2D eigenvalue weighted by atomic mass is 32.2. The maximum absolute atomic E-state index is 13.8. The summed E-state index contributed by atoms with van der Waals surface area (Å²) in [6.45, 7) is 0.130. The number of pyridine rings is 1. The fraction of sp³-hybridized carbons (Fsp3) is 0.138. The number of rotatable bonds is 10. The molecule has 0 spiro atoms. The van der Waals surface area contributed by atoms with Crippen molar-refractivity contribution in [1.82, 2.24) is 14.0 Å². The number of fused-ring (bicyclic) bond motifs is 3. The molecule has 1 N–H and O–H groups in total. The third-order valence-corrected chi connectivity index (χ3v) is 10.0. The minimum atomic E-state index is -3.95. The van der Waals surface area contributed by atoms with E-state index in [1.807, 2.05) is 30.3 Å². The molecule has 0 atom stereocenters. The Morgan fingerprint density at radius 1 is 0.775 bits per heavy atom. The van der Waals surface area contributed by atoms with E-state index in [-0.39, 0.29) is 35.8 Å². The Kier molecular flexibility index (Phi) is 6.88. The minimum Gasteiger partial charge on any atom is -0.464 e. The second-order valence-corrected chi connectivity index (χ2v) is 13.0. The van der Waals surface area contributed by atoms with Crippen molar-refractivity contribution < 1.29 is 25.7 Å². The normalized spacial score (nSPS) is 12.6. The van der Waals surface area contributed by atoms with E-state index in [0.717, 1.165) is 10.9 Å². The first kappa shape index (κ1) is 26.2. The van der Waals surface area contributed by atoms with Crippen LogP contribution in [0.4, 0.5) is 0 Å². The molecule has 0 aliphatic heterocycles. The second kappa shape index (κ2) is 10.5. The molecule has 0 bridgehead atoms. The molecule has 6 aromatic rings. The van der Waals surface area contributed by atoms with Gasteiger partial charge in [-0.1, -0.05) is 30.3 Å². The largest absolute Gasteiger partial charge is 0.464 e. The summed E-state index contributed by atoms with van der Waals surface area (Å²) in [5.41, 5.74) is 2.40. The zero-order valence-electron chi connectivity index (χ0n) is 21.2. The maximum Gasteiger partial charge on any atom is 0.243 e. The van der Waals surface area contributed by atoms with Crippen molar-refractivity contribution in [3.8, 4) is 0 Å². The van der Waals surface area contributed by atoms with Crippen molar-refractivity contribution in [3.05, 3.63) is 103 Å². The first-order valence-corrected chi connectivity index (χ1v) is 15.5. The van der Waals surface area contributed by atoms with E-state index >= 15 is 0 Å². The predicted octanol–water partition coefficient (Wildman–Crippen LogP) is 5.29. The third kappa shape index (κ3) is 5.11. The fourth-order valence-corrected chi connectivity index (χ4v) is 7.43. The predicted molar refractivity (Wildman–Crippen MR) is 152 cm³/mol. The van der Waals surface area contributed by atoms with Crippen LogP contribution < -0.4 is 4.72 Å². The SMILES string of the molecule is O=S(=O)(NCCCN(Cc1ccc2ccccc2n1)S(=O)(=O)c1ccc2occc2c1)c1cccc2occc12. The van der Waals surface area contributed by atoms with Crippen LogP contribution in [0.15, 0.2) is 116 Å². The molecule has 3 heterocycles. The molecular weight excluding hydrogens is 550 g/mol. The van der Waals surface area contributed by atoms with Gasteiger partial charge in [-0.05, 0) is 61.0 Å². The molecule has 3 aromatic heterocycles. The molecule has 204 valence electrons. The lowest BCUT2D eigenvalue weighted by Gasteiger charge is -2.22. The van der Waals surface area contributed by atoms with Gasteiger partial charge in [0.05, 0.1) is 40.1 Å². The summed E-state index contributed by atoms with van der Waals surface area (Å²) in [5.74, 6) is 0. The van der Waals surface area contributed by atoms with Gasteiger partial charge in [-0.25, -0.2) is 21.6 Å². The zero-order chi connectivity index (χ0) is 27.7. The second-order valence-electron chi connectivity index (χ2n) is 9.29. The summed E-state index contributed by atoms with van der Waals surface area (Å²) in [6, 6.07) is 24.2. The maximum atomic E-state index is 13.8. The van der Waals surface area contributed by atoms with E-state index in [2.05, 4.69) is 9.71 Å². The summed E-state index contributed by atoms with van der Waals surface area (Å²) >= 11 is 0. The number of sulfonamides is 2. The molecule has 11 heteroatoms. The average Bonchev–Trinajstić information content (AvgIpc) is 3.63. The van der Waals surface area contributed by atoms with Crippen molar-refractivity contribution in [1.29, 1.82) is 0 Å². The first-order valence-electron chi connectivity index (χ1n) is 12.6. The van der Waals surface area contributed by atoms with Crippen LogP contribution in [-0.4, -0.2) is 39.2 Å². The van der Waals surface area contributed by atoms with Gasteiger partial charge in [-0.3, -0.25) is 4.98 Å². The van der Waals surface area contributed by atoms with Gasteiger partial charge in [0.2, 0.25) is 20.0 Å². The fourth-order valence-electron chi connectivity index (χ4n) is 4.66. The lowest BCUT2D eigenvalue weighted by atomic mass is 10.2. The van der Waals surface area contributed by atoms with E-state index in [9.17, 15) is 16.8 Å². The van der Waals surface area contributed by atoms with Gasteiger partial charge in [0.25, 0.3) is 0 Å². The monoisotopic (exact) mass is 575 g/mol. The molecule has 3 aromatic carbocycles. The smallest absolute Gasteiger partial charge is 0.243 e. The minimum absolute atomic E-state index is 0.0255. The number of furan rings is 2.